The molecule has 0 bridgehead atoms. The monoisotopic (exact) mass is 551 g/mol. The minimum Gasteiger partial charge on any atom is -0.465 e. The van der Waals surface area contributed by atoms with Gasteiger partial charge in [0, 0.05) is 48.0 Å². The number of hydrogen-bond acceptors (Lipinski definition) is 5. The zero-order valence-electron chi connectivity index (χ0n) is 23.3. The highest BCUT2D eigenvalue weighted by atomic mass is 16.4. The average Bonchev–Trinajstić information content (AvgIpc) is 3.29. The molecule has 9 nitrogen and oxygen atoms in total. The summed E-state index contributed by atoms with van der Waals surface area (Å²) in [4.78, 5) is 44.4. The van der Waals surface area contributed by atoms with Crippen molar-refractivity contribution < 1.29 is 19.5 Å². The van der Waals surface area contributed by atoms with E-state index < -0.39 is 17.7 Å². The Hall–Kier alpha value is -4.92. The van der Waals surface area contributed by atoms with Crippen LogP contribution < -0.4 is 10.6 Å². The lowest BCUT2D eigenvalue weighted by Gasteiger charge is -2.33. The van der Waals surface area contributed by atoms with Gasteiger partial charge in [0.05, 0.1) is 6.54 Å². The van der Waals surface area contributed by atoms with Gasteiger partial charge in [-0.05, 0) is 61.7 Å². The molecule has 0 saturated heterocycles. The number of nitrogens with zero attached hydrogens (tertiary/aromatic N) is 3. The van der Waals surface area contributed by atoms with Crippen molar-refractivity contribution >= 4 is 23.5 Å². The van der Waals surface area contributed by atoms with Gasteiger partial charge in [0.1, 0.15) is 11.7 Å². The zero-order valence-corrected chi connectivity index (χ0v) is 23.3. The van der Waals surface area contributed by atoms with E-state index in [2.05, 4.69) is 15.6 Å². The van der Waals surface area contributed by atoms with Crippen LogP contribution in [0.25, 0.3) is 0 Å². The van der Waals surface area contributed by atoms with E-state index in [9.17, 15) is 19.5 Å². The molecule has 3 N–H and O–H groups in total. The first-order chi connectivity index (χ1) is 19.6. The van der Waals surface area contributed by atoms with E-state index in [1.807, 2.05) is 67.8 Å². The molecular weight excluding hydrogens is 518 g/mol. The summed E-state index contributed by atoms with van der Waals surface area (Å²) in [5.41, 5.74) is 4.54. The maximum atomic E-state index is 13.9. The fourth-order valence-electron chi connectivity index (χ4n) is 5.00. The predicted octanol–water partition coefficient (Wildman–Crippen LogP) is 5.49. The van der Waals surface area contributed by atoms with Crippen LogP contribution >= 0.6 is 0 Å². The number of benzene rings is 2. The van der Waals surface area contributed by atoms with Crippen LogP contribution in [0.3, 0.4) is 0 Å². The maximum Gasteiger partial charge on any atom is 0.408 e. The topological polar surface area (TPSA) is 117 Å². The number of anilines is 1. The van der Waals surface area contributed by atoms with Crippen molar-refractivity contribution in [3.8, 4) is 0 Å². The predicted molar refractivity (Wildman–Crippen MR) is 156 cm³/mol. The van der Waals surface area contributed by atoms with Crippen molar-refractivity contribution in [1.82, 2.24) is 19.8 Å². The van der Waals surface area contributed by atoms with Crippen LogP contribution in [0, 0.1) is 0 Å². The summed E-state index contributed by atoms with van der Waals surface area (Å²) in [6.07, 6.45) is 2.39. The third kappa shape index (κ3) is 5.99. The minimum atomic E-state index is -1.000. The molecule has 0 spiro atoms. The van der Waals surface area contributed by atoms with Gasteiger partial charge in [0.15, 0.2) is 5.78 Å². The Kier molecular flexibility index (Phi) is 7.61. The fourth-order valence-corrected chi connectivity index (χ4v) is 5.00. The molecule has 1 atom stereocenters. The molecule has 1 unspecified atom stereocenters. The Morgan fingerprint density at radius 2 is 1.76 bits per heavy atom. The first-order valence-corrected chi connectivity index (χ1v) is 13.5. The lowest BCUT2D eigenvalue weighted by Crippen LogP contribution is -2.44. The smallest absolute Gasteiger partial charge is 0.408 e. The van der Waals surface area contributed by atoms with Crippen LogP contribution in [0.2, 0.25) is 0 Å². The number of carbonyl (C=O) groups excluding carboxylic acids is 2. The molecule has 5 rings (SSSR count). The van der Waals surface area contributed by atoms with Crippen LogP contribution in [-0.2, 0) is 19.6 Å². The first-order valence-electron chi connectivity index (χ1n) is 13.5. The minimum absolute atomic E-state index is 0.152. The van der Waals surface area contributed by atoms with E-state index in [0.717, 1.165) is 22.4 Å². The number of amides is 2. The highest BCUT2D eigenvalue weighted by molar-refractivity contribution is 6.03. The number of rotatable bonds is 7. The highest BCUT2D eigenvalue weighted by Gasteiger charge is 2.31. The standard InChI is InChI=1S/C32H33N5O4/c1-32(2,3)37(31(40)41)19-21-10-12-23(13-11-21)29(38)28-26-14-15-27(30(39)34-18-22-7-6-16-33-17-22)36(26)20-24-8-4-5-9-25(24)35-28/h4-17,28,35H,18-20H2,1-3H3,(H,34,39)(H,40,41). The number of Topliss-reactive ketones (excluding diaryl/α,β-unsaturated/α-hetero) is 1. The SMILES string of the molecule is CC(C)(C)N(Cc1ccc(C(=O)C2Nc3ccccc3Cn3c(C(=O)NCc4cccnc4)ccc32)cc1)C(=O)O. The van der Waals surface area contributed by atoms with E-state index in [4.69, 9.17) is 0 Å². The van der Waals surface area contributed by atoms with Gasteiger partial charge in [-0.3, -0.25) is 19.5 Å². The molecule has 0 saturated carbocycles. The van der Waals surface area contributed by atoms with E-state index >= 15 is 0 Å². The van der Waals surface area contributed by atoms with Crippen LogP contribution in [0.5, 0.6) is 0 Å². The third-order valence-electron chi connectivity index (χ3n) is 7.25. The van der Waals surface area contributed by atoms with Gasteiger partial charge >= 0.3 is 6.09 Å². The van der Waals surface area contributed by atoms with E-state index in [0.29, 0.717) is 30.0 Å². The lowest BCUT2D eigenvalue weighted by atomic mass is 9.99. The molecule has 1 aliphatic rings. The molecule has 41 heavy (non-hydrogen) atoms. The molecule has 9 heteroatoms. The molecular formula is C32H33N5O4. The number of aromatic nitrogens is 2. The molecule has 0 radical (unpaired) electrons. The number of hydrogen-bond donors (Lipinski definition) is 3. The summed E-state index contributed by atoms with van der Waals surface area (Å²) >= 11 is 0. The maximum absolute atomic E-state index is 13.9. The second-order valence-corrected chi connectivity index (χ2v) is 11.1. The number of para-hydroxylation sites is 1. The van der Waals surface area contributed by atoms with Crippen molar-refractivity contribution in [1.29, 1.82) is 0 Å². The molecule has 2 amide bonds. The van der Waals surface area contributed by atoms with Crippen LogP contribution in [0.15, 0.2) is 85.2 Å². The summed E-state index contributed by atoms with van der Waals surface area (Å²) < 4.78 is 1.89. The van der Waals surface area contributed by atoms with Gasteiger partial charge < -0.3 is 20.3 Å². The van der Waals surface area contributed by atoms with Gasteiger partial charge in [-0.1, -0.05) is 48.5 Å². The summed E-state index contributed by atoms with van der Waals surface area (Å²) in [7, 11) is 0. The molecule has 4 aromatic rings. The Morgan fingerprint density at radius 1 is 1.00 bits per heavy atom. The summed E-state index contributed by atoms with van der Waals surface area (Å²) in [6.45, 7) is 6.51. The number of fused-ring (bicyclic) bond motifs is 2. The largest absolute Gasteiger partial charge is 0.465 e. The molecule has 0 fully saturated rings. The highest BCUT2D eigenvalue weighted by Crippen LogP contribution is 2.32. The number of ketones is 1. The number of pyridine rings is 1. The summed E-state index contributed by atoms with van der Waals surface area (Å²) in [5.74, 6) is -0.391. The zero-order chi connectivity index (χ0) is 29.1. The van der Waals surface area contributed by atoms with Crippen molar-refractivity contribution in [3.63, 3.8) is 0 Å². The van der Waals surface area contributed by atoms with E-state index in [1.54, 1.807) is 42.7 Å². The van der Waals surface area contributed by atoms with Crippen molar-refractivity contribution in [2.24, 2.45) is 0 Å². The van der Waals surface area contributed by atoms with Gasteiger partial charge in [-0.2, -0.15) is 0 Å². The second kappa shape index (κ2) is 11.3. The molecule has 210 valence electrons. The normalized spacial score (nSPS) is 14.2. The van der Waals surface area contributed by atoms with Crippen LogP contribution in [-0.4, -0.2) is 42.9 Å². The molecule has 3 heterocycles. The second-order valence-electron chi connectivity index (χ2n) is 11.1. The summed E-state index contributed by atoms with van der Waals surface area (Å²) in [6, 6.07) is 21.4. The number of carboxylic acid groups (broad SMARTS) is 1. The Morgan fingerprint density at radius 3 is 2.44 bits per heavy atom. The molecule has 2 aromatic carbocycles. The first kappa shape index (κ1) is 27.6. The van der Waals surface area contributed by atoms with E-state index in [-0.39, 0.29) is 18.2 Å². The number of carbonyl (C=O) groups is 3. The van der Waals surface area contributed by atoms with Crippen molar-refractivity contribution in [2.45, 2.75) is 52.0 Å². The Bertz CT molecular complexity index is 1570. The third-order valence-corrected chi connectivity index (χ3v) is 7.25. The number of nitrogens with one attached hydrogen (secondary N) is 2. The average molecular weight is 552 g/mol. The molecule has 1 aliphatic heterocycles. The Balaban J connectivity index is 1.42. The van der Waals surface area contributed by atoms with Crippen LogP contribution in [0.1, 0.15) is 70.0 Å². The van der Waals surface area contributed by atoms with Crippen molar-refractivity contribution in [2.75, 3.05) is 5.32 Å². The molecule has 2 aromatic heterocycles. The lowest BCUT2D eigenvalue weighted by molar-refractivity contribution is 0.0934. The van der Waals surface area contributed by atoms with Crippen LogP contribution in [0.4, 0.5) is 10.5 Å². The fraction of sp³-hybridized carbons (Fsp3) is 0.250. The van der Waals surface area contributed by atoms with Crippen molar-refractivity contribution in [3.05, 3.63) is 119 Å². The van der Waals surface area contributed by atoms with Gasteiger partial charge in [0.25, 0.3) is 5.91 Å². The van der Waals surface area contributed by atoms with Gasteiger partial charge in [-0.25, -0.2) is 4.79 Å². The van der Waals surface area contributed by atoms with Gasteiger partial charge in [0.2, 0.25) is 0 Å². The van der Waals surface area contributed by atoms with Gasteiger partial charge in [-0.15, -0.1) is 0 Å². The Labute approximate surface area is 238 Å². The van der Waals surface area contributed by atoms with E-state index in [1.165, 1.54) is 4.90 Å². The summed E-state index contributed by atoms with van der Waals surface area (Å²) in [5, 5.41) is 16.0. The molecule has 0 aliphatic carbocycles. The quantitative estimate of drug-likeness (QED) is 0.262.